The molecule has 0 amide bonds. The lowest BCUT2D eigenvalue weighted by Gasteiger charge is -2.53. The maximum atomic E-state index is 10.9. The third-order valence-electron chi connectivity index (χ3n) is 10.8. The van der Waals surface area contributed by atoms with Crippen LogP contribution in [-0.2, 0) is 0 Å². The van der Waals surface area contributed by atoms with Crippen molar-refractivity contribution in [3.8, 4) is 0 Å². The van der Waals surface area contributed by atoms with Gasteiger partial charge in [0.25, 0.3) is 0 Å². The van der Waals surface area contributed by atoms with Gasteiger partial charge in [-0.2, -0.15) is 0 Å². The molecule has 180 valence electrons. The Morgan fingerprint density at radius 2 is 1.81 bits per heavy atom. The minimum Gasteiger partial charge on any atom is -0.393 e. The molecule has 4 fully saturated rings. The van der Waals surface area contributed by atoms with Crippen LogP contribution in [-0.4, -0.2) is 21.9 Å². The molecule has 0 spiro atoms. The van der Waals surface area contributed by atoms with Gasteiger partial charge in [0.2, 0.25) is 0 Å². The smallest absolute Gasteiger partial charge is 0.0622 e. The maximum Gasteiger partial charge on any atom is 0.0622 e. The van der Waals surface area contributed by atoms with Gasteiger partial charge in [-0.3, -0.25) is 0 Å². The molecule has 0 radical (unpaired) electrons. The molecule has 4 saturated carbocycles. The van der Waals surface area contributed by atoms with Gasteiger partial charge in [0.05, 0.1) is 11.7 Å². The van der Waals surface area contributed by atoms with E-state index < -0.39 is 5.60 Å². The van der Waals surface area contributed by atoms with Crippen molar-refractivity contribution >= 4 is 0 Å². The zero-order valence-corrected chi connectivity index (χ0v) is 21.1. The van der Waals surface area contributed by atoms with Gasteiger partial charge in [-0.25, -0.2) is 0 Å². The molecule has 0 heterocycles. The Hall–Kier alpha value is -0.0800. The molecule has 2 nitrogen and oxygen atoms in total. The van der Waals surface area contributed by atoms with E-state index in [0.29, 0.717) is 11.3 Å². The molecular weight excluding hydrogens is 380 g/mol. The highest BCUT2D eigenvalue weighted by atomic mass is 16.3. The first-order chi connectivity index (χ1) is 14.7. The van der Waals surface area contributed by atoms with E-state index in [1.807, 2.05) is 0 Å². The first-order valence-electron chi connectivity index (χ1n) is 14.1. The standard InChI is InChI=1S/C29H52O2/c1-5-6-16-28(3,31)19-21-8-11-24-23(18-21)15-17-29(4)25(12-13-26(24)29)20(2)7-14-27(30)22-9-10-22/h20-27,30-31H,5-19H2,1-4H3/t20-,21-,23-,24-,25-,26+,27+,28?,29-/m1/s1. The van der Waals surface area contributed by atoms with Gasteiger partial charge >= 0.3 is 0 Å². The van der Waals surface area contributed by atoms with Crippen LogP contribution in [0.3, 0.4) is 0 Å². The molecule has 4 rings (SSSR count). The molecule has 4 aliphatic carbocycles. The quantitative estimate of drug-likeness (QED) is 0.378. The van der Waals surface area contributed by atoms with E-state index in [-0.39, 0.29) is 6.10 Å². The number of rotatable bonds is 10. The van der Waals surface area contributed by atoms with Gasteiger partial charge in [0.1, 0.15) is 0 Å². The van der Waals surface area contributed by atoms with Crippen molar-refractivity contribution in [2.75, 3.05) is 0 Å². The average Bonchev–Trinajstić information content (AvgIpc) is 3.52. The number of unbranched alkanes of at least 4 members (excludes halogenated alkanes) is 1. The highest BCUT2D eigenvalue weighted by Gasteiger charge is 2.55. The van der Waals surface area contributed by atoms with Gasteiger partial charge in [-0.15, -0.1) is 0 Å². The van der Waals surface area contributed by atoms with Crippen LogP contribution in [0.15, 0.2) is 0 Å². The summed E-state index contributed by atoms with van der Waals surface area (Å²) in [6, 6.07) is 0. The summed E-state index contributed by atoms with van der Waals surface area (Å²) < 4.78 is 0. The predicted molar refractivity (Wildman–Crippen MR) is 130 cm³/mol. The number of aliphatic hydroxyl groups is 2. The van der Waals surface area contributed by atoms with Crippen LogP contribution in [0.5, 0.6) is 0 Å². The Bertz CT molecular complexity index is 581. The lowest BCUT2D eigenvalue weighted by atomic mass is 9.52. The third-order valence-corrected chi connectivity index (χ3v) is 10.8. The fourth-order valence-electron chi connectivity index (χ4n) is 8.86. The minimum atomic E-state index is -0.449. The summed E-state index contributed by atoms with van der Waals surface area (Å²) in [5, 5.41) is 21.3. The average molecular weight is 433 g/mol. The van der Waals surface area contributed by atoms with Crippen LogP contribution in [0.4, 0.5) is 0 Å². The summed E-state index contributed by atoms with van der Waals surface area (Å²) >= 11 is 0. The summed E-state index contributed by atoms with van der Waals surface area (Å²) in [5.41, 5.74) is 0.0974. The van der Waals surface area contributed by atoms with Crippen LogP contribution in [0.2, 0.25) is 0 Å². The highest BCUT2D eigenvalue weighted by molar-refractivity contribution is 5.05. The topological polar surface area (TPSA) is 40.5 Å². The molecule has 0 aromatic carbocycles. The van der Waals surface area contributed by atoms with Crippen molar-refractivity contribution in [3.05, 3.63) is 0 Å². The van der Waals surface area contributed by atoms with Crippen LogP contribution in [0.25, 0.3) is 0 Å². The van der Waals surface area contributed by atoms with Crippen molar-refractivity contribution in [1.29, 1.82) is 0 Å². The normalized spacial score (nSPS) is 41.8. The van der Waals surface area contributed by atoms with Crippen LogP contribution >= 0.6 is 0 Å². The second-order valence-electron chi connectivity index (χ2n) is 13.2. The molecule has 0 bridgehead atoms. The molecule has 1 unspecified atom stereocenters. The molecule has 9 atom stereocenters. The summed E-state index contributed by atoms with van der Waals surface area (Å²) in [6.45, 7) is 9.47. The number of fused-ring (bicyclic) bond motifs is 3. The van der Waals surface area contributed by atoms with E-state index in [0.717, 1.165) is 61.2 Å². The van der Waals surface area contributed by atoms with E-state index in [1.54, 1.807) is 0 Å². The predicted octanol–water partition coefficient (Wildman–Crippen LogP) is 7.36. The molecule has 4 aliphatic rings. The lowest BCUT2D eigenvalue weighted by Crippen LogP contribution is -2.45. The molecule has 31 heavy (non-hydrogen) atoms. The second kappa shape index (κ2) is 9.65. The van der Waals surface area contributed by atoms with Crippen molar-refractivity contribution in [2.24, 2.45) is 46.8 Å². The Labute approximate surface area is 193 Å². The fraction of sp³-hybridized carbons (Fsp3) is 1.00. The van der Waals surface area contributed by atoms with E-state index >= 15 is 0 Å². The molecule has 0 aromatic rings. The van der Waals surface area contributed by atoms with Crippen LogP contribution in [0, 0.1) is 46.8 Å². The van der Waals surface area contributed by atoms with Crippen LogP contribution < -0.4 is 0 Å². The van der Waals surface area contributed by atoms with E-state index in [9.17, 15) is 10.2 Å². The van der Waals surface area contributed by atoms with Crippen LogP contribution in [0.1, 0.15) is 124 Å². The minimum absolute atomic E-state index is 0.0204. The summed E-state index contributed by atoms with van der Waals surface area (Å²) in [7, 11) is 0. The number of hydrogen-bond acceptors (Lipinski definition) is 2. The maximum absolute atomic E-state index is 10.9. The summed E-state index contributed by atoms with van der Waals surface area (Å²) in [6.07, 6.45) is 19.0. The molecular formula is C29H52O2. The Kier molecular flexibility index (Phi) is 7.49. The summed E-state index contributed by atoms with van der Waals surface area (Å²) in [4.78, 5) is 0. The van der Waals surface area contributed by atoms with Gasteiger partial charge in [-0.05, 0) is 131 Å². The zero-order valence-electron chi connectivity index (χ0n) is 21.1. The van der Waals surface area contributed by atoms with Gasteiger partial charge in [0.15, 0.2) is 0 Å². The Morgan fingerprint density at radius 3 is 2.52 bits per heavy atom. The Morgan fingerprint density at radius 1 is 1.03 bits per heavy atom. The van der Waals surface area contributed by atoms with Gasteiger partial charge < -0.3 is 10.2 Å². The molecule has 0 aliphatic heterocycles. The third kappa shape index (κ3) is 5.37. The van der Waals surface area contributed by atoms with Crippen molar-refractivity contribution < 1.29 is 10.2 Å². The fourth-order valence-corrected chi connectivity index (χ4v) is 8.86. The van der Waals surface area contributed by atoms with Gasteiger partial charge in [0, 0.05) is 0 Å². The van der Waals surface area contributed by atoms with E-state index in [1.165, 1.54) is 70.6 Å². The van der Waals surface area contributed by atoms with E-state index in [4.69, 9.17) is 0 Å². The zero-order chi connectivity index (χ0) is 22.2. The van der Waals surface area contributed by atoms with Gasteiger partial charge in [-0.1, -0.05) is 40.0 Å². The monoisotopic (exact) mass is 432 g/mol. The molecule has 2 heteroatoms. The molecule has 2 N–H and O–H groups in total. The number of aliphatic hydroxyl groups excluding tert-OH is 1. The van der Waals surface area contributed by atoms with Crippen molar-refractivity contribution in [3.63, 3.8) is 0 Å². The number of hydrogen-bond donors (Lipinski definition) is 2. The van der Waals surface area contributed by atoms with E-state index in [2.05, 4.69) is 27.7 Å². The first kappa shape index (κ1) is 24.1. The van der Waals surface area contributed by atoms with Crippen molar-refractivity contribution in [1.82, 2.24) is 0 Å². The van der Waals surface area contributed by atoms with Crippen molar-refractivity contribution in [2.45, 2.75) is 136 Å². The Balaban J connectivity index is 1.31. The first-order valence-corrected chi connectivity index (χ1v) is 14.1. The summed E-state index contributed by atoms with van der Waals surface area (Å²) in [5.74, 6) is 5.83. The molecule has 0 aromatic heterocycles. The second-order valence-corrected chi connectivity index (χ2v) is 13.2. The molecule has 0 saturated heterocycles. The largest absolute Gasteiger partial charge is 0.393 e. The highest BCUT2D eigenvalue weighted by Crippen LogP contribution is 2.64. The SMILES string of the molecule is CCCCC(C)(O)C[C@@H]1CC[C@@H]2[C@H](CC[C@]3(C)[C@@H]([C@H](C)CC[C@H](O)C4CC4)CC[C@@H]23)C1. The lowest BCUT2D eigenvalue weighted by molar-refractivity contribution is -0.0468.